The third-order valence-electron chi connectivity index (χ3n) is 2.68. The Morgan fingerprint density at radius 2 is 2.47 bits per heavy atom. The van der Waals surface area contributed by atoms with Gasteiger partial charge in [-0.25, -0.2) is 0 Å². The highest BCUT2D eigenvalue weighted by molar-refractivity contribution is 9.09. The van der Waals surface area contributed by atoms with Gasteiger partial charge in [0, 0.05) is 22.0 Å². The second-order valence-corrected chi connectivity index (χ2v) is 7.99. The SMILES string of the molecule is CC(Br)CCNC(=O)c1cc2c(s1)CCSC2. The van der Waals surface area contributed by atoms with Gasteiger partial charge in [0.2, 0.25) is 0 Å². The number of rotatable bonds is 4. The van der Waals surface area contributed by atoms with E-state index in [-0.39, 0.29) is 5.91 Å². The molecule has 1 aliphatic rings. The number of hydrogen-bond acceptors (Lipinski definition) is 3. The number of fused-ring (bicyclic) bond motifs is 1. The van der Waals surface area contributed by atoms with Gasteiger partial charge in [-0.1, -0.05) is 22.9 Å². The van der Waals surface area contributed by atoms with Gasteiger partial charge in [0.05, 0.1) is 4.88 Å². The quantitative estimate of drug-likeness (QED) is 0.855. The van der Waals surface area contributed by atoms with E-state index < -0.39 is 0 Å². The minimum absolute atomic E-state index is 0.0857. The zero-order valence-corrected chi connectivity index (χ0v) is 13.0. The van der Waals surface area contributed by atoms with E-state index >= 15 is 0 Å². The second-order valence-electron chi connectivity index (χ2n) is 4.19. The van der Waals surface area contributed by atoms with E-state index in [0.29, 0.717) is 4.83 Å². The van der Waals surface area contributed by atoms with Crippen LogP contribution in [0.2, 0.25) is 0 Å². The molecule has 1 aromatic heterocycles. The summed E-state index contributed by atoms with van der Waals surface area (Å²) in [5.74, 6) is 2.34. The van der Waals surface area contributed by atoms with Gasteiger partial charge in [0.25, 0.3) is 5.91 Å². The van der Waals surface area contributed by atoms with Crippen molar-refractivity contribution in [1.82, 2.24) is 5.32 Å². The Kier molecular flexibility index (Phi) is 4.94. The summed E-state index contributed by atoms with van der Waals surface area (Å²) >= 11 is 7.09. The molecule has 1 N–H and O–H groups in total. The van der Waals surface area contributed by atoms with Gasteiger partial charge in [0.15, 0.2) is 0 Å². The van der Waals surface area contributed by atoms with Crippen molar-refractivity contribution in [3.8, 4) is 0 Å². The summed E-state index contributed by atoms with van der Waals surface area (Å²) in [4.78, 5) is 14.7. The molecule has 0 bridgehead atoms. The number of aryl methyl sites for hydroxylation is 1. The van der Waals surface area contributed by atoms with Gasteiger partial charge >= 0.3 is 0 Å². The molecule has 2 rings (SSSR count). The number of carbonyl (C=O) groups excluding carboxylic acids is 1. The molecule has 0 fully saturated rings. The second kappa shape index (κ2) is 6.25. The fraction of sp³-hybridized carbons (Fsp3) is 0.583. The van der Waals surface area contributed by atoms with Crippen molar-refractivity contribution in [3.63, 3.8) is 0 Å². The summed E-state index contributed by atoms with van der Waals surface area (Å²) in [6, 6.07) is 2.07. The van der Waals surface area contributed by atoms with Crippen molar-refractivity contribution in [3.05, 3.63) is 21.4 Å². The highest BCUT2D eigenvalue weighted by Gasteiger charge is 2.17. The van der Waals surface area contributed by atoms with Gasteiger partial charge in [-0.15, -0.1) is 11.3 Å². The first-order chi connectivity index (χ1) is 8.16. The minimum Gasteiger partial charge on any atom is -0.351 e. The zero-order valence-electron chi connectivity index (χ0n) is 9.79. The van der Waals surface area contributed by atoms with Crippen LogP contribution in [0.3, 0.4) is 0 Å². The van der Waals surface area contributed by atoms with Crippen LogP contribution in [0.25, 0.3) is 0 Å². The van der Waals surface area contributed by atoms with Crippen LogP contribution in [-0.2, 0) is 12.2 Å². The Bertz CT molecular complexity index is 380. The predicted octanol–water partition coefficient (Wildman–Crippen LogP) is 3.44. The number of carbonyl (C=O) groups is 1. The van der Waals surface area contributed by atoms with Crippen LogP contribution in [0, 0.1) is 0 Å². The molecule has 2 heterocycles. The standard InChI is InChI=1S/C12H16BrNOS2/c1-8(13)2-4-14-12(15)11-6-9-7-16-5-3-10(9)17-11/h6,8H,2-5,7H2,1H3,(H,14,15). The fourth-order valence-electron chi connectivity index (χ4n) is 1.73. The van der Waals surface area contributed by atoms with E-state index in [2.05, 4.69) is 34.2 Å². The van der Waals surface area contributed by atoms with Gasteiger partial charge < -0.3 is 5.32 Å². The highest BCUT2D eigenvalue weighted by Crippen LogP contribution is 2.31. The lowest BCUT2D eigenvalue weighted by Crippen LogP contribution is -2.24. The van der Waals surface area contributed by atoms with Crippen molar-refractivity contribution in [2.75, 3.05) is 12.3 Å². The van der Waals surface area contributed by atoms with Gasteiger partial charge in [-0.3, -0.25) is 4.79 Å². The van der Waals surface area contributed by atoms with Crippen molar-refractivity contribution in [2.45, 2.75) is 30.3 Å². The van der Waals surface area contributed by atoms with Crippen molar-refractivity contribution >= 4 is 44.9 Å². The maximum absolute atomic E-state index is 11.9. The topological polar surface area (TPSA) is 29.1 Å². The molecule has 1 amide bonds. The number of nitrogens with one attached hydrogen (secondary N) is 1. The normalized spacial score (nSPS) is 16.4. The van der Waals surface area contributed by atoms with Crippen molar-refractivity contribution in [1.29, 1.82) is 0 Å². The van der Waals surface area contributed by atoms with Crippen LogP contribution in [0.4, 0.5) is 0 Å². The summed E-state index contributed by atoms with van der Waals surface area (Å²) in [5.41, 5.74) is 1.37. The molecule has 0 radical (unpaired) electrons. The first-order valence-electron chi connectivity index (χ1n) is 5.78. The Morgan fingerprint density at radius 3 is 3.18 bits per heavy atom. The summed E-state index contributed by atoms with van der Waals surface area (Å²) in [7, 11) is 0. The summed E-state index contributed by atoms with van der Waals surface area (Å²) in [6.07, 6.45) is 2.09. The smallest absolute Gasteiger partial charge is 0.261 e. The molecule has 17 heavy (non-hydrogen) atoms. The van der Waals surface area contributed by atoms with Crippen LogP contribution >= 0.6 is 39.0 Å². The molecular weight excluding hydrogens is 318 g/mol. The molecule has 1 aliphatic heterocycles. The lowest BCUT2D eigenvalue weighted by molar-refractivity contribution is 0.0957. The van der Waals surface area contributed by atoms with E-state index in [4.69, 9.17) is 0 Å². The van der Waals surface area contributed by atoms with Crippen molar-refractivity contribution < 1.29 is 4.79 Å². The third kappa shape index (κ3) is 3.73. The summed E-state index contributed by atoms with van der Waals surface area (Å²) in [5, 5.41) is 2.97. The zero-order chi connectivity index (χ0) is 12.3. The number of hydrogen-bond donors (Lipinski definition) is 1. The molecule has 0 saturated heterocycles. The van der Waals surface area contributed by atoms with Gasteiger partial charge in [-0.2, -0.15) is 11.8 Å². The molecule has 1 unspecified atom stereocenters. The molecule has 0 spiro atoms. The average molecular weight is 334 g/mol. The van der Waals surface area contributed by atoms with E-state index in [0.717, 1.165) is 30.0 Å². The largest absolute Gasteiger partial charge is 0.351 e. The number of amides is 1. The average Bonchev–Trinajstić information content (AvgIpc) is 2.71. The Labute approximate surface area is 119 Å². The lowest BCUT2D eigenvalue weighted by atomic mass is 10.2. The molecular formula is C12H16BrNOS2. The van der Waals surface area contributed by atoms with Gasteiger partial charge in [-0.05, 0) is 30.2 Å². The maximum Gasteiger partial charge on any atom is 0.261 e. The summed E-state index contributed by atoms with van der Waals surface area (Å²) in [6.45, 7) is 2.83. The van der Waals surface area contributed by atoms with E-state index in [9.17, 15) is 4.79 Å². The Balaban J connectivity index is 1.92. The highest BCUT2D eigenvalue weighted by atomic mass is 79.9. The van der Waals surface area contributed by atoms with Gasteiger partial charge in [0.1, 0.15) is 0 Å². The molecule has 94 valence electrons. The number of halogens is 1. The van der Waals surface area contributed by atoms with E-state index in [1.54, 1.807) is 11.3 Å². The number of thiophene rings is 1. The Morgan fingerprint density at radius 1 is 1.65 bits per heavy atom. The molecule has 0 aromatic carbocycles. The predicted molar refractivity (Wildman–Crippen MR) is 79.5 cm³/mol. The van der Waals surface area contributed by atoms with E-state index in [1.807, 2.05) is 11.8 Å². The van der Waals surface area contributed by atoms with E-state index in [1.165, 1.54) is 16.2 Å². The first-order valence-corrected chi connectivity index (χ1v) is 8.67. The number of thioether (sulfide) groups is 1. The number of alkyl halides is 1. The Hall–Kier alpha value is -0.000000000000000111. The molecule has 0 saturated carbocycles. The molecule has 5 heteroatoms. The fourth-order valence-corrected chi connectivity index (χ4v) is 4.25. The first kappa shape index (κ1) is 13.4. The minimum atomic E-state index is 0.0857. The summed E-state index contributed by atoms with van der Waals surface area (Å²) < 4.78 is 0. The van der Waals surface area contributed by atoms with Crippen LogP contribution in [0.15, 0.2) is 6.07 Å². The van der Waals surface area contributed by atoms with Crippen LogP contribution < -0.4 is 5.32 Å². The maximum atomic E-state index is 11.9. The molecule has 0 aliphatic carbocycles. The lowest BCUT2D eigenvalue weighted by Gasteiger charge is -2.08. The van der Waals surface area contributed by atoms with Crippen LogP contribution in [0.5, 0.6) is 0 Å². The molecule has 1 aromatic rings. The molecule has 1 atom stereocenters. The van der Waals surface area contributed by atoms with Crippen LogP contribution in [0.1, 0.15) is 33.5 Å². The van der Waals surface area contributed by atoms with Crippen LogP contribution in [-0.4, -0.2) is 23.0 Å². The molecule has 2 nitrogen and oxygen atoms in total. The van der Waals surface area contributed by atoms with Crippen molar-refractivity contribution in [2.24, 2.45) is 0 Å². The third-order valence-corrected chi connectivity index (χ3v) is 5.38. The monoisotopic (exact) mass is 333 g/mol.